The van der Waals surface area contributed by atoms with Crippen LogP contribution in [0.2, 0.25) is 0 Å². The van der Waals surface area contributed by atoms with Crippen molar-refractivity contribution < 1.29 is 29.0 Å². The molecule has 2 aromatic heterocycles. The summed E-state index contributed by atoms with van der Waals surface area (Å²) in [5.41, 5.74) is 2.77. The second kappa shape index (κ2) is 8.79. The summed E-state index contributed by atoms with van der Waals surface area (Å²) in [5, 5.41) is 20.3. The predicted molar refractivity (Wildman–Crippen MR) is 131 cm³/mol. The third kappa shape index (κ3) is 4.35. The Bertz CT molecular complexity index is 1630. The van der Waals surface area contributed by atoms with E-state index < -0.39 is 5.97 Å². The molecule has 35 heavy (non-hydrogen) atoms. The minimum Gasteiger partial charge on any atom is -0.508 e. The predicted octanol–water partition coefficient (Wildman–Crippen LogP) is 6.20. The van der Waals surface area contributed by atoms with Crippen molar-refractivity contribution in [1.82, 2.24) is 4.98 Å². The highest BCUT2D eigenvalue weighted by Crippen LogP contribution is 2.35. The normalized spacial score (nSPS) is 11.6. The fraction of sp³-hybridized carbons (Fsp3) is 0.0357. The molecule has 0 saturated carbocycles. The Labute approximate surface area is 199 Å². The van der Waals surface area contributed by atoms with Crippen LogP contribution in [0.4, 0.5) is 0 Å². The summed E-state index contributed by atoms with van der Waals surface area (Å²) < 4.78 is 11.6. The molecule has 2 N–H and O–H groups in total. The molecule has 0 saturated heterocycles. The number of benzene rings is 3. The van der Waals surface area contributed by atoms with Crippen LogP contribution in [-0.2, 0) is 4.79 Å². The van der Waals surface area contributed by atoms with E-state index in [4.69, 9.17) is 14.3 Å². The zero-order valence-electron chi connectivity index (χ0n) is 18.6. The van der Waals surface area contributed by atoms with Crippen LogP contribution in [0.1, 0.15) is 28.4 Å². The highest BCUT2D eigenvalue weighted by Gasteiger charge is 2.20. The molecule has 0 unspecified atom stereocenters. The van der Waals surface area contributed by atoms with Gasteiger partial charge in [-0.15, -0.1) is 0 Å². The summed E-state index contributed by atoms with van der Waals surface area (Å²) in [6.07, 6.45) is 4.55. The molecule has 3 aromatic carbocycles. The van der Waals surface area contributed by atoms with Crippen LogP contribution in [0.25, 0.3) is 27.9 Å². The molecule has 0 radical (unpaired) electrons. The van der Waals surface area contributed by atoms with Crippen molar-refractivity contribution >= 4 is 39.7 Å². The van der Waals surface area contributed by atoms with Crippen molar-refractivity contribution in [3.05, 3.63) is 101 Å². The summed E-state index contributed by atoms with van der Waals surface area (Å²) in [5.74, 6) is -0.464. The molecule has 0 spiro atoms. The number of carbonyl (C=O) groups is 2. The average molecular weight is 465 g/mol. The number of furan rings is 1. The van der Waals surface area contributed by atoms with Crippen LogP contribution < -0.4 is 4.74 Å². The number of aromatic hydroxyl groups is 1. The molecule has 0 fully saturated rings. The number of ketones is 1. The van der Waals surface area contributed by atoms with Gasteiger partial charge in [0.25, 0.3) is 0 Å². The van der Waals surface area contributed by atoms with Gasteiger partial charge in [-0.3, -0.25) is 9.78 Å². The third-order valence-electron chi connectivity index (χ3n) is 5.58. The number of carboxylic acid groups (broad SMARTS) is 1. The Morgan fingerprint density at radius 2 is 1.80 bits per heavy atom. The molecular formula is C28H19NO6. The third-order valence-corrected chi connectivity index (χ3v) is 5.58. The van der Waals surface area contributed by atoms with Crippen molar-refractivity contribution in [3.63, 3.8) is 0 Å². The summed E-state index contributed by atoms with van der Waals surface area (Å²) in [6, 6.07) is 18.4. The van der Waals surface area contributed by atoms with Crippen molar-refractivity contribution in [2.24, 2.45) is 0 Å². The zero-order valence-corrected chi connectivity index (χ0v) is 18.6. The highest BCUT2D eigenvalue weighted by molar-refractivity contribution is 6.14. The average Bonchev–Trinajstić information content (AvgIpc) is 3.32. The maximum Gasteiger partial charge on any atom is 0.331 e. The first-order valence-corrected chi connectivity index (χ1v) is 10.7. The second-order valence-electron chi connectivity index (χ2n) is 8.01. The maximum atomic E-state index is 13.5. The van der Waals surface area contributed by atoms with E-state index in [9.17, 15) is 14.7 Å². The topological polar surface area (TPSA) is 110 Å². The Balaban J connectivity index is 1.57. The minimum absolute atomic E-state index is 0.0466. The number of phenolic OH excluding ortho intramolecular Hbond substituents is 1. The lowest BCUT2D eigenvalue weighted by atomic mass is 10.0. The van der Waals surface area contributed by atoms with Gasteiger partial charge in [0.15, 0.2) is 5.78 Å². The number of aliphatic carboxylic acids is 1. The number of pyridine rings is 1. The Kier molecular flexibility index (Phi) is 5.51. The highest BCUT2D eigenvalue weighted by atomic mass is 16.5. The van der Waals surface area contributed by atoms with Gasteiger partial charge in [-0.2, -0.15) is 0 Å². The molecule has 172 valence electrons. The van der Waals surface area contributed by atoms with Gasteiger partial charge in [0.2, 0.25) is 0 Å². The number of hydrogen-bond donors (Lipinski definition) is 2. The van der Waals surface area contributed by atoms with E-state index in [1.807, 2.05) is 0 Å². The summed E-state index contributed by atoms with van der Waals surface area (Å²) in [6.45, 7) is 1.52. The number of nitrogens with zero attached hydrogens (tertiary/aromatic N) is 1. The Morgan fingerprint density at radius 1 is 1.00 bits per heavy atom. The van der Waals surface area contributed by atoms with Crippen LogP contribution in [0.15, 0.2) is 89.2 Å². The van der Waals surface area contributed by atoms with Gasteiger partial charge in [-0.25, -0.2) is 4.79 Å². The molecule has 0 bridgehead atoms. The number of phenols is 1. The number of ether oxygens (including phenoxy) is 1. The number of rotatable bonds is 6. The standard InChI is InChI=1S/C28H19NO6/c1-16(28(32)33)12-17-2-6-21(7-3-17)35-27-22-8-5-20(30)14-24(22)29-15-23(27)26(31)19-4-9-25-18(13-19)10-11-34-25/h2-15,30H,1H3,(H,32,33)/b16-12+. The van der Waals surface area contributed by atoms with E-state index in [0.717, 1.165) is 5.39 Å². The van der Waals surface area contributed by atoms with E-state index in [1.165, 1.54) is 25.3 Å². The monoisotopic (exact) mass is 465 g/mol. The molecular weight excluding hydrogens is 446 g/mol. The van der Waals surface area contributed by atoms with Gasteiger partial charge in [0, 0.05) is 34.2 Å². The maximum absolute atomic E-state index is 13.5. The smallest absolute Gasteiger partial charge is 0.331 e. The van der Waals surface area contributed by atoms with E-state index in [1.54, 1.807) is 66.9 Å². The van der Waals surface area contributed by atoms with Gasteiger partial charge < -0.3 is 19.4 Å². The summed E-state index contributed by atoms with van der Waals surface area (Å²) >= 11 is 0. The lowest BCUT2D eigenvalue weighted by Gasteiger charge is -2.14. The first kappa shape index (κ1) is 21.9. The quantitative estimate of drug-likeness (QED) is 0.227. The van der Waals surface area contributed by atoms with Crippen molar-refractivity contribution in [1.29, 1.82) is 0 Å². The molecule has 0 aliphatic heterocycles. The SMILES string of the molecule is C/C(=C\c1ccc(Oc2c(C(=O)c3ccc4occc4c3)cnc3cc(O)ccc23)cc1)C(=O)O. The van der Waals surface area contributed by atoms with Gasteiger partial charge in [0.05, 0.1) is 17.3 Å². The number of carboxylic acids is 1. The summed E-state index contributed by atoms with van der Waals surface area (Å²) in [4.78, 5) is 29.0. The van der Waals surface area contributed by atoms with E-state index in [2.05, 4.69) is 4.98 Å². The molecule has 2 heterocycles. The van der Waals surface area contributed by atoms with Crippen molar-refractivity contribution in [2.75, 3.05) is 0 Å². The van der Waals surface area contributed by atoms with Crippen molar-refractivity contribution in [2.45, 2.75) is 6.92 Å². The van der Waals surface area contributed by atoms with Crippen LogP contribution in [0.5, 0.6) is 17.2 Å². The first-order valence-electron chi connectivity index (χ1n) is 10.7. The molecule has 0 amide bonds. The lowest BCUT2D eigenvalue weighted by molar-refractivity contribution is -0.132. The molecule has 0 aliphatic carbocycles. The number of carbonyl (C=O) groups excluding carboxylic acids is 1. The second-order valence-corrected chi connectivity index (χ2v) is 8.01. The fourth-order valence-corrected chi connectivity index (χ4v) is 3.75. The van der Waals surface area contributed by atoms with Gasteiger partial charge in [0.1, 0.15) is 22.8 Å². The Hall–Kier alpha value is -4.91. The number of hydrogen-bond acceptors (Lipinski definition) is 6. The van der Waals surface area contributed by atoms with Gasteiger partial charge >= 0.3 is 5.97 Å². The first-order chi connectivity index (χ1) is 16.9. The largest absolute Gasteiger partial charge is 0.508 e. The van der Waals surface area contributed by atoms with E-state index >= 15 is 0 Å². The lowest BCUT2D eigenvalue weighted by Crippen LogP contribution is -2.05. The Morgan fingerprint density at radius 3 is 2.57 bits per heavy atom. The summed E-state index contributed by atoms with van der Waals surface area (Å²) in [7, 11) is 0. The molecule has 5 aromatic rings. The fourth-order valence-electron chi connectivity index (χ4n) is 3.75. The van der Waals surface area contributed by atoms with E-state index in [-0.39, 0.29) is 22.7 Å². The van der Waals surface area contributed by atoms with Gasteiger partial charge in [-0.05, 0) is 67.1 Å². The zero-order chi connectivity index (χ0) is 24.5. The molecule has 7 heteroatoms. The van der Waals surface area contributed by atoms with Crippen LogP contribution in [0, 0.1) is 0 Å². The van der Waals surface area contributed by atoms with Crippen molar-refractivity contribution in [3.8, 4) is 17.2 Å². The van der Waals surface area contributed by atoms with Gasteiger partial charge in [-0.1, -0.05) is 12.1 Å². The molecule has 5 rings (SSSR count). The van der Waals surface area contributed by atoms with Crippen LogP contribution >= 0.6 is 0 Å². The van der Waals surface area contributed by atoms with E-state index in [0.29, 0.717) is 39.1 Å². The van der Waals surface area contributed by atoms with Crippen LogP contribution in [-0.4, -0.2) is 26.9 Å². The number of aromatic nitrogens is 1. The minimum atomic E-state index is -0.992. The van der Waals surface area contributed by atoms with Crippen LogP contribution in [0.3, 0.4) is 0 Å². The molecule has 0 aliphatic rings. The molecule has 7 nitrogen and oxygen atoms in total. The molecule has 0 atom stereocenters. The number of fused-ring (bicyclic) bond motifs is 2.